The summed E-state index contributed by atoms with van der Waals surface area (Å²) in [6, 6.07) is 5.25. The molecular weight excluding hydrogens is 272 g/mol. The molecule has 0 saturated heterocycles. The Morgan fingerprint density at radius 1 is 1.19 bits per heavy atom. The number of ether oxygens (including phenoxy) is 4. The van der Waals surface area contributed by atoms with E-state index in [1.807, 2.05) is 0 Å². The minimum absolute atomic E-state index is 0.551. The van der Waals surface area contributed by atoms with Crippen LogP contribution >= 0.6 is 0 Å². The van der Waals surface area contributed by atoms with Crippen LogP contribution in [-0.2, 0) is 9.47 Å². The molecule has 0 amide bonds. The molecule has 0 aliphatic rings. The third-order valence-corrected chi connectivity index (χ3v) is 2.56. The number of hydrogen-bond acceptors (Lipinski definition) is 5. The summed E-state index contributed by atoms with van der Waals surface area (Å²) in [7, 11) is 3.10. The summed E-state index contributed by atoms with van der Waals surface area (Å²) in [4.78, 5) is 11.7. The molecule has 5 nitrogen and oxygen atoms in total. The van der Waals surface area contributed by atoms with Gasteiger partial charge in [-0.2, -0.15) is 0 Å². The molecule has 1 atom stereocenters. The Bertz CT molecular complexity index is 502. The quantitative estimate of drug-likeness (QED) is 0.609. The summed E-state index contributed by atoms with van der Waals surface area (Å²) in [5, 5.41) is 0. The zero-order valence-corrected chi connectivity index (χ0v) is 13.1. The lowest BCUT2D eigenvalue weighted by atomic mass is 10.1. The second-order valence-corrected chi connectivity index (χ2v) is 5.35. The molecule has 116 valence electrons. The van der Waals surface area contributed by atoms with Crippen LogP contribution in [0.3, 0.4) is 0 Å². The maximum Gasteiger partial charge on any atom is 0.509 e. The average molecular weight is 294 g/mol. The van der Waals surface area contributed by atoms with Gasteiger partial charge in [-0.15, -0.1) is 0 Å². The number of carbonyl (C=O) groups excluding carboxylic acids is 1. The Balaban J connectivity index is 2.90. The number of carbonyl (C=O) groups is 1. The summed E-state index contributed by atoms with van der Waals surface area (Å²) >= 11 is 0. The molecule has 0 radical (unpaired) electrons. The molecule has 0 bridgehead atoms. The van der Waals surface area contributed by atoms with Crippen LogP contribution in [0.5, 0.6) is 11.5 Å². The fourth-order valence-electron chi connectivity index (χ4n) is 1.66. The molecule has 0 aliphatic heterocycles. The van der Waals surface area contributed by atoms with Crippen molar-refractivity contribution >= 4 is 6.16 Å². The zero-order chi connectivity index (χ0) is 16.0. The number of hydrogen-bond donors (Lipinski definition) is 0. The maximum atomic E-state index is 11.7. The molecule has 0 spiro atoms. The van der Waals surface area contributed by atoms with E-state index < -0.39 is 17.9 Å². The number of rotatable bonds is 5. The van der Waals surface area contributed by atoms with Crippen LogP contribution in [0.25, 0.3) is 0 Å². The monoisotopic (exact) mass is 294 g/mol. The van der Waals surface area contributed by atoms with Crippen molar-refractivity contribution in [2.24, 2.45) is 0 Å². The van der Waals surface area contributed by atoms with Crippen molar-refractivity contribution in [1.82, 2.24) is 0 Å². The van der Waals surface area contributed by atoms with Gasteiger partial charge in [-0.1, -0.05) is 12.6 Å². The van der Waals surface area contributed by atoms with Crippen molar-refractivity contribution in [3.8, 4) is 11.5 Å². The van der Waals surface area contributed by atoms with E-state index in [0.717, 1.165) is 0 Å². The molecule has 21 heavy (non-hydrogen) atoms. The molecule has 1 aromatic carbocycles. The average Bonchev–Trinajstić information content (AvgIpc) is 2.42. The molecule has 0 unspecified atom stereocenters. The van der Waals surface area contributed by atoms with Crippen LogP contribution in [-0.4, -0.2) is 26.0 Å². The van der Waals surface area contributed by atoms with Crippen LogP contribution in [0.1, 0.15) is 32.4 Å². The van der Waals surface area contributed by atoms with Gasteiger partial charge in [0.2, 0.25) is 0 Å². The standard InChI is InChI=1S/C16H22O5/c1-7-12(20-15(17)21-16(2,3)4)11-8-9-13(18-5)14(10-11)19-6/h7-10,12H,1H2,2-6H3/t12-/m1/s1. The molecule has 0 N–H and O–H groups in total. The number of benzene rings is 1. The Morgan fingerprint density at radius 2 is 1.81 bits per heavy atom. The van der Waals surface area contributed by atoms with Gasteiger partial charge in [-0.25, -0.2) is 4.79 Å². The molecule has 0 fully saturated rings. The smallest absolute Gasteiger partial charge is 0.493 e. The topological polar surface area (TPSA) is 54.0 Å². The van der Waals surface area contributed by atoms with Crippen molar-refractivity contribution in [2.75, 3.05) is 14.2 Å². The van der Waals surface area contributed by atoms with E-state index >= 15 is 0 Å². The molecule has 5 heteroatoms. The SMILES string of the molecule is C=C[C@@H](OC(=O)OC(C)(C)C)c1ccc(OC)c(OC)c1. The first-order valence-corrected chi connectivity index (χ1v) is 6.55. The van der Waals surface area contributed by atoms with Gasteiger partial charge in [-0.3, -0.25) is 0 Å². The summed E-state index contributed by atoms with van der Waals surface area (Å²) < 4.78 is 20.8. The minimum atomic E-state index is -0.748. The predicted octanol–water partition coefficient (Wildman–Crippen LogP) is 3.88. The van der Waals surface area contributed by atoms with E-state index in [0.29, 0.717) is 17.1 Å². The fourth-order valence-corrected chi connectivity index (χ4v) is 1.66. The van der Waals surface area contributed by atoms with Crippen molar-refractivity contribution in [3.05, 3.63) is 36.4 Å². The molecular formula is C16H22O5. The highest BCUT2D eigenvalue weighted by Gasteiger charge is 2.21. The van der Waals surface area contributed by atoms with E-state index in [9.17, 15) is 4.79 Å². The first kappa shape index (κ1) is 16.9. The second kappa shape index (κ2) is 7.02. The number of methoxy groups -OCH3 is 2. The molecule has 0 saturated carbocycles. The van der Waals surface area contributed by atoms with Crippen LogP contribution in [0.15, 0.2) is 30.9 Å². The van der Waals surface area contributed by atoms with Crippen molar-refractivity contribution < 1.29 is 23.7 Å². The lowest BCUT2D eigenvalue weighted by molar-refractivity contribution is -0.0188. The van der Waals surface area contributed by atoms with Crippen LogP contribution in [0.2, 0.25) is 0 Å². The third kappa shape index (κ3) is 5.02. The fraction of sp³-hybridized carbons (Fsp3) is 0.438. The predicted molar refractivity (Wildman–Crippen MR) is 79.8 cm³/mol. The molecule has 1 aromatic rings. The van der Waals surface area contributed by atoms with Gasteiger partial charge in [0.1, 0.15) is 11.7 Å². The lowest BCUT2D eigenvalue weighted by Crippen LogP contribution is -2.25. The molecule has 0 heterocycles. The first-order valence-electron chi connectivity index (χ1n) is 6.55. The highest BCUT2D eigenvalue weighted by molar-refractivity contribution is 5.61. The lowest BCUT2D eigenvalue weighted by Gasteiger charge is -2.21. The molecule has 0 aliphatic carbocycles. The van der Waals surface area contributed by atoms with Gasteiger partial charge in [0.05, 0.1) is 14.2 Å². The van der Waals surface area contributed by atoms with Gasteiger partial charge in [0, 0.05) is 5.56 Å². The largest absolute Gasteiger partial charge is 0.509 e. The van der Waals surface area contributed by atoms with Gasteiger partial charge in [0.15, 0.2) is 11.5 Å². The van der Waals surface area contributed by atoms with Crippen molar-refractivity contribution in [2.45, 2.75) is 32.5 Å². The summed E-state index contributed by atoms with van der Waals surface area (Å²) in [6.07, 6.45) is 0.146. The second-order valence-electron chi connectivity index (χ2n) is 5.35. The van der Waals surface area contributed by atoms with E-state index in [1.54, 1.807) is 53.2 Å². The Morgan fingerprint density at radius 3 is 2.29 bits per heavy atom. The van der Waals surface area contributed by atoms with Crippen LogP contribution < -0.4 is 9.47 Å². The maximum absolute atomic E-state index is 11.7. The van der Waals surface area contributed by atoms with Crippen molar-refractivity contribution in [3.63, 3.8) is 0 Å². The van der Waals surface area contributed by atoms with Gasteiger partial charge >= 0.3 is 6.16 Å². The molecule has 1 rings (SSSR count). The minimum Gasteiger partial charge on any atom is -0.493 e. The van der Waals surface area contributed by atoms with E-state index in [4.69, 9.17) is 18.9 Å². The van der Waals surface area contributed by atoms with E-state index in [1.165, 1.54) is 6.08 Å². The Kier molecular flexibility index (Phi) is 5.64. The van der Waals surface area contributed by atoms with E-state index in [-0.39, 0.29) is 0 Å². The van der Waals surface area contributed by atoms with Crippen LogP contribution in [0.4, 0.5) is 4.79 Å². The van der Waals surface area contributed by atoms with Crippen molar-refractivity contribution in [1.29, 1.82) is 0 Å². The Labute approximate surface area is 125 Å². The normalized spacial score (nSPS) is 12.2. The first-order chi connectivity index (χ1) is 9.80. The summed E-state index contributed by atoms with van der Waals surface area (Å²) in [5.41, 5.74) is 0.105. The van der Waals surface area contributed by atoms with E-state index in [2.05, 4.69) is 6.58 Å². The van der Waals surface area contributed by atoms with Gasteiger partial charge in [0.25, 0.3) is 0 Å². The highest BCUT2D eigenvalue weighted by atomic mass is 16.7. The zero-order valence-electron chi connectivity index (χ0n) is 13.1. The molecule has 0 aromatic heterocycles. The van der Waals surface area contributed by atoms with Gasteiger partial charge < -0.3 is 18.9 Å². The Hall–Kier alpha value is -2.17. The summed E-state index contributed by atoms with van der Waals surface area (Å²) in [6.45, 7) is 8.99. The third-order valence-electron chi connectivity index (χ3n) is 2.56. The van der Waals surface area contributed by atoms with Gasteiger partial charge in [-0.05, 0) is 39.0 Å². The summed E-state index contributed by atoms with van der Waals surface area (Å²) in [5.74, 6) is 1.15. The highest BCUT2D eigenvalue weighted by Crippen LogP contribution is 2.31. The van der Waals surface area contributed by atoms with Crippen LogP contribution in [0, 0.1) is 0 Å².